The fraction of sp³-hybridized carbons (Fsp3) is 0.409. The van der Waals surface area contributed by atoms with Gasteiger partial charge >= 0.3 is 0 Å². The molecule has 0 aliphatic carbocycles. The molecule has 1 amide bonds. The molecule has 0 aliphatic rings. The Morgan fingerprint density at radius 2 is 1.58 bits per heavy atom. The highest BCUT2D eigenvalue weighted by Crippen LogP contribution is 2.23. The maximum atomic E-state index is 12.7. The average molecular weight is 355 g/mol. The maximum Gasteiger partial charge on any atom is 0.261 e. The molecule has 0 saturated carbocycles. The third kappa shape index (κ3) is 4.78. The summed E-state index contributed by atoms with van der Waals surface area (Å²) in [4.78, 5) is 12.7. The molecular formula is C22H29NO3. The number of amides is 1. The highest BCUT2D eigenvalue weighted by molar-refractivity contribution is 5.81. The van der Waals surface area contributed by atoms with Crippen molar-refractivity contribution in [3.63, 3.8) is 0 Å². The van der Waals surface area contributed by atoms with Crippen molar-refractivity contribution < 1.29 is 14.3 Å². The van der Waals surface area contributed by atoms with E-state index in [1.807, 2.05) is 38.1 Å². The Labute approximate surface area is 156 Å². The topological polar surface area (TPSA) is 47.6 Å². The first-order chi connectivity index (χ1) is 12.3. The van der Waals surface area contributed by atoms with Crippen molar-refractivity contribution in [3.8, 4) is 11.5 Å². The van der Waals surface area contributed by atoms with E-state index in [4.69, 9.17) is 9.47 Å². The number of carbonyl (C=O) groups excluding carboxylic acids is 1. The van der Waals surface area contributed by atoms with E-state index >= 15 is 0 Å². The molecule has 0 saturated heterocycles. The monoisotopic (exact) mass is 355 g/mol. The van der Waals surface area contributed by atoms with E-state index in [-0.39, 0.29) is 11.9 Å². The van der Waals surface area contributed by atoms with Gasteiger partial charge in [0.25, 0.3) is 5.91 Å². The molecule has 2 aromatic carbocycles. The zero-order valence-electron chi connectivity index (χ0n) is 16.6. The van der Waals surface area contributed by atoms with Crippen LogP contribution in [-0.4, -0.2) is 19.1 Å². The molecule has 4 nitrogen and oxygen atoms in total. The van der Waals surface area contributed by atoms with Crippen molar-refractivity contribution in [1.29, 1.82) is 0 Å². The number of methoxy groups -OCH3 is 1. The summed E-state index contributed by atoms with van der Waals surface area (Å²) in [5.74, 6) is 1.31. The predicted molar refractivity (Wildman–Crippen MR) is 105 cm³/mol. The van der Waals surface area contributed by atoms with Gasteiger partial charge in [0, 0.05) is 0 Å². The summed E-state index contributed by atoms with van der Waals surface area (Å²) in [5, 5.41) is 3.09. The quantitative estimate of drug-likeness (QED) is 0.786. The molecule has 0 unspecified atom stereocenters. The molecule has 2 rings (SSSR count). The van der Waals surface area contributed by atoms with Gasteiger partial charge in [-0.1, -0.05) is 19.1 Å². The summed E-state index contributed by atoms with van der Waals surface area (Å²) in [7, 11) is 1.62. The molecule has 0 bridgehead atoms. The summed E-state index contributed by atoms with van der Waals surface area (Å²) >= 11 is 0. The van der Waals surface area contributed by atoms with Gasteiger partial charge in [0.05, 0.1) is 13.2 Å². The third-order valence-electron chi connectivity index (χ3n) is 4.71. The highest BCUT2D eigenvalue weighted by Gasteiger charge is 2.21. The summed E-state index contributed by atoms with van der Waals surface area (Å²) in [6.07, 6.45) is 0.0638. The molecule has 0 aliphatic heterocycles. The minimum absolute atomic E-state index is 0.0738. The lowest BCUT2D eigenvalue weighted by molar-refractivity contribution is -0.128. The largest absolute Gasteiger partial charge is 0.497 e. The molecule has 0 spiro atoms. The molecule has 140 valence electrons. The lowest BCUT2D eigenvalue weighted by Gasteiger charge is -2.22. The molecule has 0 radical (unpaired) electrons. The molecular weight excluding hydrogens is 326 g/mol. The van der Waals surface area contributed by atoms with Crippen LogP contribution in [-0.2, 0) is 4.79 Å². The Balaban J connectivity index is 2.07. The van der Waals surface area contributed by atoms with E-state index in [0.717, 1.165) is 11.3 Å². The second kappa shape index (κ2) is 8.75. The van der Waals surface area contributed by atoms with Crippen molar-refractivity contribution in [2.75, 3.05) is 7.11 Å². The second-order valence-corrected chi connectivity index (χ2v) is 6.71. The predicted octanol–water partition coefficient (Wildman–Crippen LogP) is 4.66. The van der Waals surface area contributed by atoms with Crippen LogP contribution in [0.3, 0.4) is 0 Å². The van der Waals surface area contributed by atoms with E-state index < -0.39 is 6.10 Å². The van der Waals surface area contributed by atoms with Crippen molar-refractivity contribution in [3.05, 3.63) is 58.7 Å². The van der Waals surface area contributed by atoms with Gasteiger partial charge in [-0.15, -0.1) is 0 Å². The minimum atomic E-state index is -0.530. The van der Waals surface area contributed by atoms with Crippen LogP contribution in [0.25, 0.3) is 0 Å². The molecule has 2 aromatic rings. The Bertz CT molecular complexity index is 753. The fourth-order valence-electron chi connectivity index (χ4n) is 2.97. The second-order valence-electron chi connectivity index (χ2n) is 6.71. The van der Waals surface area contributed by atoms with E-state index in [2.05, 4.69) is 38.2 Å². The number of rotatable bonds is 7. The maximum absolute atomic E-state index is 12.7. The number of ether oxygens (including phenoxy) is 2. The first-order valence-electron chi connectivity index (χ1n) is 9.04. The van der Waals surface area contributed by atoms with Crippen LogP contribution >= 0.6 is 0 Å². The van der Waals surface area contributed by atoms with Gasteiger partial charge in [-0.3, -0.25) is 4.79 Å². The molecule has 2 atom stereocenters. The fourth-order valence-corrected chi connectivity index (χ4v) is 2.97. The Morgan fingerprint density at radius 3 is 2.15 bits per heavy atom. The first kappa shape index (κ1) is 19.8. The lowest BCUT2D eigenvalue weighted by atomic mass is 9.96. The average Bonchev–Trinajstić information content (AvgIpc) is 2.62. The smallest absolute Gasteiger partial charge is 0.261 e. The number of nitrogens with one attached hydrogen (secondary N) is 1. The molecule has 0 fully saturated rings. The molecule has 0 heterocycles. The Kier molecular flexibility index (Phi) is 6.67. The third-order valence-corrected chi connectivity index (χ3v) is 4.71. The normalized spacial score (nSPS) is 13.0. The van der Waals surface area contributed by atoms with Crippen molar-refractivity contribution in [1.82, 2.24) is 5.32 Å². The number of hydrogen-bond acceptors (Lipinski definition) is 3. The summed E-state index contributed by atoms with van der Waals surface area (Å²) in [5.41, 5.74) is 4.82. The summed E-state index contributed by atoms with van der Waals surface area (Å²) < 4.78 is 11.0. The van der Waals surface area contributed by atoms with Gasteiger partial charge in [0.15, 0.2) is 6.10 Å². The number of carbonyl (C=O) groups is 1. The van der Waals surface area contributed by atoms with Gasteiger partial charge in [0.1, 0.15) is 11.5 Å². The van der Waals surface area contributed by atoms with Crippen LogP contribution in [0, 0.1) is 20.8 Å². The zero-order valence-corrected chi connectivity index (χ0v) is 16.6. The van der Waals surface area contributed by atoms with Crippen molar-refractivity contribution >= 4 is 5.91 Å². The number of aryl methyl sites for hydroxylation is 3. The van der Waals surface area contributed by atoms with Crippen LogP contribution in [0.4, 0.5) is 0 Å². The summed E-state index contributed by atoms with van der Waals surface area (Å²) in [6.45, 7) is 10.2. The first-order valence-corrected chi connectivity index (χ1v) is 9.04. The van der Waals surface area contributed by atoms with Crippen LogP contribution in [0.2, 0.25) is 0 Å². The molecule has 26 heavy (non-hydrogen) atoms. The molecule has 1 N–H and O–H groups in total. The van der Waals surface area contributed by atoms with Gasteiger partial charge in [0.2, 0.25) is 0 Å². The molecule has 0 aromatic heterocycles. The highest BCUT2D eigenvalue weighted by atomic mass is 16.5. The Morgan fingerprint density at radius 1 is 1.00 bits per heavy atom. The van der Waals surface area contributed by atoms with E-state index in [1.54, 1.807) is 7.11 Å². The van der Waals surface area contributed by atoms with Gasteiger partial charge in [-0.2, -0.15) is 0 Å². The lowest BCUT2D eigenvalue weighted by Crippen LogP contribution is -2.39. The van der Waals surface area contributed by atoms with Gasteiger partial charge < -0.3 is 14.8 Å². The van der Waals surface area contributed by atoms with Crippen LogP contribution in [0.5, 0.6) is 11.5 Å². The zero-order chi connectivity index (χ0) is 19.3. The summed E-state index contributed by atoms with van der Waals surface area (Å²) in [6, 6.07) is 11.5. The van der Waals surface area contributed by atoms with Crippen molar-refractivity contribution in [2.24, 2.45) is 0 Å². The Hall–Kier alpha value is -2.49. The van der Waals surface area contributed by atoms with E-state index in [1.165, 1.54) is 16.7 Å². The van der Waals surface area contributed by atoms with E-state index in [9.17, 15) is 4.79 Å². The van der Waals surface area contributed by atoms with Crippen LogP contribution in [0.15, 0.2) is 36.4 Å². The minimum Gasteiger partial charge on any atom is -0.497 e. The van der Waals surface area contributed by atoms with Crippen LogP contribution in [0.1, 0.15) is 48.6 Å². The van der Waals surface area contributed by atoms with Crippen molar-refractivity contribution in [2.45, 2.75) is 53.2 Å². The number of hydrogen-bond donors (Lipinski definition) is 1. The number of benzene rings is 2. The van der Waals surface area contributed by atoms with Crippen LogP contribution < -0.4 is 14.8 Å². The standard InChI is InChI=1S/C22H29NO3/c1-7-21(26-19-10-8-18(25-6)9-11-19)22(24)23-17(5)20-13-15(3)14(2)12-16(20)4/h8-13,17,21H,7H2,1-6H3,(H,23,24)/t17-,21+/m0/s1. The van der Waals surface area contributed by atoms with Gasteiger partial charge in [-0.05, 0) is 80.6 Å². The SMILES string of the molecule is CC[C@@H](Oc1ccc(OC)cc1)C(=O)N[C@@H](C)c1cc(C)c(C)cc1C. The van der Waals surface area contributed by atoms with E-state index in [0.29, 0.717) is 12.2 Å². The molecule has 4 heteroatoms. The van der Waals surface area contributed by atoms with Gasteiger partial charge in [-0.25, -0.2) is 0 Å².